The maximum absolute atomic E-state index is 5.82. The Hall–Kier alpha value is -1.51. The van der Waals surface area contributed by atoms with E-state index in [0.29, 0.717) is 12.0 Å². The normalized spacial score (nSPS) is 13.4. The summed E-state index contributed by atoms with van der Waals surface area (Å²) >= 11 is 0. The molecule has 2 rings (SSSR count). The summed E-state index contributed by atoms with van der Waals surface area (Å²) in [6.07, 6.45) is 2.40. The average molecular weight is 245 g/mol. The van der Waals surface area contributed by atoms with E-state index < -0.39 is 0 Å². The van der Waals surface area contributed by atoms with Crippen molar-refractivity contribution in [3.63, 3.8) is 0 Å². The van der Waals surface area contributed by atoms with Crippen LogP contribution >= 0.6 is 0 Å². The lowest BCUT2D eigenvalue weighted by molar-refractivity contribution is 0.335. The molecule has 1 aromatic carbocycles. The fourth-order valence-corrected chi connectivity index (χ4v) is 2.93. The quantitative estimate of drug-likeness (QED) is 0.829. The minimum absolute atomic E-state index is 0.480. The summed E-state index contributed by atoms with van der Waals surface area (Å²) in [4.78, 5) is 4.63. The van der Waals surface area contributed by atoms with Crippen molar-refractivity contribution < 1.29 is 0 Å². The van der Waals surface area contributed by atoms with Crippen molar-refractivity contribution in [3.8, 4) is 0 Å². The second kappa shape index (κ2) is 5.01. The number of nitrogens with two attached hydrogens (primary N) is 1. The third kappa shape index (κ3) is 2.09. The van der Waals surface area contributed by atoms with Crippen LogP contribution in [0.1, 0.15) is 45.5 Å². The second-order valence-electron chi connectivity index (χ2n) is 5.09. The monoisotopic (exact) mass is 245 g/mol. The molecule has 0 spiro atoms. The Morgan fingerprint density at radius 3 is 2.56 bits per heavy atom. The van der Waals surface area contributed by atoms with Crippen molar-refractivity contribution in [2.75, 3.05) is 5.73 Å². The standard InChI is InChI=1S/C15H23N3/c1-5-12(6-2)10(3)18-11(4)17-14-9-13(16)7-8-15(14)18/h7-10,12H,5-6,16H2,1-4H3. The van der Waals surface area contributed by atoms with Gasteiger partial charge in [0.2, 0.25) is 0 Å². The Kier molecular flexibility index (Phi) is 3.60. The molecule has 0 aliphatic carbocycles. The molecule has 1 heterocycles. The molecule has 1 atom stereocenters. The number of imidazole rings is 1. The van der Waals surface area contributed by atoms with Crippen molar-refractivity contribution in [2.24, 2.45) is 5.92 Å². The first kappa shape index (κ1) is 12.9. The van der Waals surface area contributed by atoms with Crippen LogP contribution in [0.5, 0.6) is 0 Å². The number of nitrogen functional groups attached to an aromatic ring is 1. The lowest BCUT2D eigenvalue weighted by atomic mass is 9.95. The van der Waals surface area contributed by atoms with E-state index in [4.69, 9.17) is 5.73 Å². The number of aromatic nitrogens is 2. The van der Waals surface area contributed by atoms with Crippen LogP contribution in [0.3, 0.4) is 0 Å². The summed E-state index contributed by atoms with van der Waals surface area (Å²) in [6.45, 7) is 8.89. The van der Waals surface area contributed by atoms with Crippen LogP contribution in [0.2, 0.25) is 0 Å². The number of hydrogen-bond donors (Lipinski definition) is 1. The second-order valence-corrected chi connectivity index (χ2v) is 5.09. The molecule has 0 bridgehead atoms. The molecule has 0 aliphatic rings. The third-order valence-corrected chi connectivity index (χ3v) is 4.03. The Labute approximate surface area is 109 Å². The molecule has 1 aromatic heterocycles. The number of benzene rings is 1. The van der Waals surface area contributed by atoms with Gasteiger partial charge in [0.25, 0.3) is 0 Å². The summed E-state index contributed by atoms with van der Waals surface area (Å²) in [5.74, 6) is 1.77. The van der Waals surface area contributed by atoms with Gasteiger partial charge >= 0.3 is 0 Å². The van der Waals surface area contributed by atoms with Crippen LogP contribution in [0.25, 0.3) is 11.0 Å². The maximum atomic E-state index is 5.82. The number of nitrogens with zero attached hydrogens (tertiary/aromatic N) is 2. The topological polar surface area (TPSA) is 43.8 Å². The maximum Gasteiger partial charge on any atom is 0.106 e. The number of hydrogen-bond acceptors (Lipinski definition) is 2. The van der Waals surface area contributed by atoms with Gasteiger partial charge in [-0.3, -0.25) is 0 Å². The van der Waals surface area contributed by atoms with Crippen LogP contribution in [0.15, 0.2) is 18.2 Å². The predicted octanol–water partition coefficient (Wildman–Crippen LogP) is 3.92. The number of rotatable bonds is 4. The van der Waals surface area contributed by atoms with Crippen LogP contribution in [-0.2, 0) is 0 Å². The molecule has 98 valence electrons. The lowest BCUT2D eigenvalue weighted by Gasteiger charge is -2.24. The van der Waals surface area contributed by atoms with Gasteiger partial charge in [-0.25, -0.2) is 4.98 Å². The van der Waals surface area contributed by atoms with Crippen LogP contribution in [-0.4, -0.2) is 9.55 Å². The van der Waals surface area contributed by atoms with Crippen molar-refractivity contribution in [1.82, 2.24) is 9.55 Å². The Morgan fingerprint density at radius 1 is 1.28 bits per heavy atom. The van der Waals surface area contributed by atoms with E-state index in [1.165, 1.54) is 18.4 Å². The molecular formula is C15H23N3. The number of anilines is 1. The SMILES string of the molecule is CCC(CC)C(C)n1c(C)nc2cc(N)ccc21. The lowest BCUT2D eigenvalue weighted by Crippen LogP contribution is -2.16. The highest BCUT2D eigenvalue weighted by atomic mass is 15.1. The molecule has 3 heteroatoms. The van der Waals surface area contributed by atoms with Crippen molar-refractivity contribution in [1.29, 1.82) is 0 Å². The Morgan fingerprint density at radius 2 is 1.94 bits per heavy atom. The molecule has 2 N–H and O–H groups in total. The van der Waals surface area contributed by atoms with E-state index in [-0.39, 0.29) is 0 Å². The summed E-state index contributed by atoms with van der Waals surface area (Å²) in [6, 6.07) is 6.48. The summed E-state index contributed by atoms with van der Waals surface area (Å²) in [5, 5.41) is 0. The van der Waals surface area contributed by atoms with Gasteiger partial charge in [-0.15, -0.1) is 0 Å². The Bertz CT molecular complexity index is 538. The van der Waals surface area contributed by atoms with E-state index in [9.17, 15) is 0 Å². The number of aryl methyl sites for hydroxylation is 1. The zero-order valence-electron chi connectivity index (χ0n) is 11.8. The van der Waals surface area contributed by atoms with E-state index in [2.05, 4.69) is 43.3 Å². The van der Waals surface area contributed by atoms with Crippen molar-refractivity contribution in [2.45, 2.75) is 46.6 Å². The Balaban J connectivity index is 2.53. The van der Waals surface area contributed by atoms with Gasteiger partial charge in [-0.05, 0) is 38.0 Å². The first-order chi connectivity index (χ1) is 8.58. The fraction of sp³-hybridized carbons (Fsp3) is 0.533. The zero-order chi connectivity index (χ0) is 13.3. The molecule has 18 heavy (non-hydrogen) atoms. The molecule has 2 aromatic rings. The van der Waals surface area contributed by atoms with Gasteiger partial charge in [-0.2, -0.15) is 0 Å². The molecule has 1 unspecified atom stereocenters. The first-order valence-electron chi connectivity index (χ1n) is 6.82. The van der Waals surface area contributed by atoms with E-state index >= 15 is 0 Å². The van der Waals surface area contributed by atoms with Gasteiger partial charge in [0.05, 0.1) is 11.0 Å². The largest absolute Gasteiger partial charge is 0.399 e. The molecule has 0 saturated heterocycles. The molecular weight excluding hydrogens is 222 g/mol. The molecule has 0 radical (unpaired) electrons. The van der Waals surface area contributed by atoms with Gasteiger partial charge in [-0.1, -0.05) is 26.7 Å². The molecule has 0 aliphatic heterocycles. The van der Waals surface area contributed by atoms with Gasteiger partial charge in [0.1, 0.15) is 5.82 Å². The van der Waals surface area contributed by atoms with Crippen molar-refractivity contribution >= 4 is 16.7 Å². The van der Waals surface area contributed by atoms with Crippen LogP contribution in [0, 0.1) is 12.8 Å². The molecule has 3 nitrogen and oxygen atoms in total. The van der Waals surface area contributed by atoms with E-state index in [1.54, 1.807) is 0 Å². The van der Waals surface area contributed by atoms with Gasteiger partial charge in [0, 0.05) is 11.7 Å². The predicted molar refractivity (Wildman–Crippen MR) is 77.7 cm³/mol. The minimum atomic E-state index is 0.480. The van der Waals surface area contributed by atoms with E-state index in [0.717, 1.165) is 17.0 Å². The summed E-state index contributed by atoms with van der Waals surface area (Å²) < 4.78 is 2.35. The fourth-order valence-electron chi connectivity index (χ4n) is 2.93. The molecule has 0 saturated carbocycles. The highest BCUT2D eigenvalue weighted by Gasteiger charge is 2.19. The van der Waals surface area contributed by atoms with Gasteiger partial charge < -0.3 is 10.3 Å². The summed E-state index contributed by atoms with van der Waals surface area (Å²) in [7, 11) is 0. The highest BCUT2D eigenvalue weighted by molar-refractivity contribution is 5.79. The highest BCUT2D eigenvalue weighted by Crippen LogP contribution is 2.30. The van der Waals surface area contributed by atoms with Crippen LogP contribution < -0.4 is 5.73 Å². The number of fused-ring (bicyclic) bond motifs is 1. The van der Waals surface area contributed by atoms with Crippen molar-refractivity contribution in [3.05, 3.63) is 24.0 Å². The summed E-state index contributed by atoms with van der Waals surface area (Å²) in [5.41, 5.74) is 8.80. The zero-order valence-corrected chi connectivity index (χ0v) is 11.8. The van der Waals surface area contributed by atoms with E-state index in [1.807, 2.05) is 12.1 Å². The molecule has 0 fully saturated rings. The smallest absolute Gasteiger partial charge is 0.106 e. The van der Waals surface area contributed by atoms with Gasteiger partial charge in [0.15, 0.2) is 0 Å². The van der Waals surface area contributed by atoms with Crippen LogP contribution in [0.4, 0.5) is 5.69 Å². The average Bonchev–Trinajstić information content (AvgIpc) is 2.65. The minimum Gasteiger partial charge on any atom is -0.399 e. The first-order valence-corrected chi connectivity index (χ1v) is 6.82. The third-order valence-electron chi connectivity index (χ3n) is 4.03. The molecule has 0 amide bonds.